The van der Waals surface area contributed by atoms with E-state index < -0.39 is 11.6 Å². The number of nitrogens with zero attached hydrogens (tertiary/aromatic N) is 4. The van der Waals surface area contributed by atoms with Gasteiger partial charge in [0, 0.05) is 13.6 Å². The first-order valence-corrected chi connectivity index (χ1v) is 5.22. The molecule has 0 spiro atoms. The number of aliphatic hydroxyl groups is 1. The van der Waals surface area contributed by atoms with Crippen molar-refractivity contribution in [3.8, 4) is 6.07 Å². The molecule has 0 fully saturated rings. The Hall–Kier alpha value is -2.60. The standard InChI is InChI=1S/C12H11FN4O/c1-17(12(18)11(8-14)16-15)7-6-9-2-4-10(13)5-3-9/h2-5H,6-7H2,1H3/p+1/b12-11-. The van der Waals surface area contributed by atoms with E-state index in [0.29, 0.717) is 13.0 Å². The molecule has 0 amide bonds. The Bertz CT molecular complexity index is 508. The summed E-state index contributed by atoms with van der Waals surface area (Å²) in [5.74, 6) is -0.706. The minimum absolute atomic E-state index is 0.305. The van der Waals surface area contributed by atoms with Crippen LogP contribution >= 0.6 is 0 Å². The monoisotopic (exact) mass is 247 g/mol. The molecule has 0 aromatic heterocycles. The average molecular weight is 247 g/mol. The third-order valence-corrected chi connectivity index (χ3v) is 2.43. The number of halogens is 1. The SMILES string of the molecule is CN(CCc1ccc(F)cc1)/C(O)=C(\C#N)[N+]#N. The lowest BCUT2D eigenvalue weighted by Crippen LogP contribution is -2.21. The van der Waals surface area contributed by atoms with E-state index in [-0.39, 0.29) is 5.82 Å². The Balaban J connectivity index is 2.65. The van der Waals surface area contributed by atoms with Gasteiger partial charge in [-0.2, -0.15) is 5.26 Å². The molecule has 0 aliphatic carbocycles. The van der Waals surface area contributed by atoms with E-state index in [0.717, 1.165) is 5.56 Å². The van der Waals surface area contributed by atoms with Crippen LogP contribution in [-0.2, 0) is 6.42 Å². The zero-order valence-electron chi connectivity index (χ0n) is 9.84. The molecule has 0 unspecified atom stereocenters. The summed E-state index contributed by atoms with van der Waals surface area (Å²) in [6, 6.07) is 7.56. The summed E-state index contributed by atoms with van der Waals surface area (Å²) in [5, 5.41) is 26.6. The van der Waals surface area contributed by atoms with Gasteiger partial charge in [0.05, 0.1) is 0 Å². The van der Waals surface area contributed by atoms with E-state index in [2.05, 4.69) is 4.98 Å². The Morgan fingerprint density at radius 2 is 2.06 bits per heavy atom. The number of likely N-dealkylation sites (N-methyl/N-ethyl adjacent to an activating group) is 1. The molecular formula is C12H12FN4O+. The quantitative estimate of drug-likeness (QED) is 0.503. The summed E-state index contributed by atoms with van der Waals surface area (Å²) in [6.07, 6.45) is 0.560. The van der Waals surface area contributed by atoms with Gasteiger partial charge in [0.2, 0.25) is 11.5 Å². The molecule has 1 N–H and O–H groups in total. The van der Waals surface area contributed by atoms with Gasteiger partial charge < -0.3 is 10.0 Å². The predicted octanol–water partition coefficient (Wildman–Crippen LogP) is 2.40. The van der Waals surface area contributed by atoms with Gasteiger partial charge >= 0.3 is 5.70 Å². The molecule has 0 saturated carbocycles. The largest absolute Gasteiger partial charge is 0.519 e. The second-order valence-electron chi connectivity index (χ2n) is 3.68. The lowest BCUT2D eigenvalue weighted by Gasteiger charge is -2.14. The smallest absolute Gasteiger partial charge is 0.488 e. The zero-order chi connectivity index (χ0) is 13.5. The van der Waals surface area contributed by atoms with Crippen molar-refractivity contribution in [2.24, 2.45) is 0 Å². The van der Waals surface area contributed by atoms with Crippen LogP contribution in [0.1, 0.15) is 5.56 Å². The Morgan fingerprint density at radius 1 is 1.44 bits per heavy atom. The summed E-state index contributed by atoms with van der Waals surface area (Å²) in [7, 11) is 1.56. The topological polar surface area (TPSA) is 75.4 Å². The number of rotatable bonds is 4. The fourth-order valence-corrected chi connectivity index (χ4v) is 1.35. The van der Waals surface area contributed by atoms with Gasteiger partial charge in [0.15, 0.2) is 4.98 Å². The van der Waals surface area contributed by atoms with Crippen LogP contribution in [-0.4, -0.2) is 23.6 Å². The first-order valence-electron chi connectivity index (χ1n) is 5.22. The summed E-state index contributed by atoms with van der Waals surface area (Å²) < 4.78 is 12.7. The highest BCUT2D eigenvalue weighted by molar-refractivity contribution is 5.28. The second-order valence-corrected chi connectivity index (χ2v) is 3.68. The van der Waals surface area contributed by atoms with Crippen LogP contribution in [0.3, 0.4) is 0 Å². The highest BCUT2D eigenvalue weighted by Gasteiger charge is 2.21. The summed E-state index contributed by atoms with van der Waals surface area (Å²) in [6.45, 7) is 0.401. The van der Waals surface area contributed by atoms with Crippen molar-refractivity contribution in [1.29, 1.82) is 10.7 Å². The van der Waals surface area contributed by atoms with Crippen molar-refractivity contribution in [3.63, 3.8) is 0 Å². The number of hydrogen-bond donors (Lipinski definition) is 1. The fraction of sp³-hybridized carbons (Fsp3) is 0.250. The van der Waals surface area contributed by atoms with Crippen LogP contribution in [0.2, 0.25) is 0 Å². The van der Waals surface area contributed by atoms with Crippen molar-refractivity contribution in [2.45, 2.75) is 6.42 Å². The molecule has 92 valence electrons. The zero-order valence-corrected chi connectivity index (χ0v) is 9.84. The summed E-state index contributed by atoms with van der Waals surface area (Å²) in [4.78, 5) is 4.05. The average Bonchev–Trinajstić information content (AvgIpc) is 2.39. The molecular weight excluding hydrogens is 235 g/mol. The van der Waals surface area contributed by atoms with E-state index in [9.17, 15) is 9.50 Å². The minimum Gasteiger partial charge on any atom is -0.488 e. The molecule has 0 saturated heterocycles. The summed E-state index contributed by atoms with van der Waals surface area (Å²) >= 11 is 0. The van der Waals surface area contributed by atoms with Gasteiger partial charge in [-0.15, -0.1) is 0 Å². The normalized spacial score (nSPS) is 11.1. The van der Waals surface area contributed by atoms with Crippen LogP contribution in [0, 0.1) is 22.5 Å². The van der Waals surface area contributed by atoms with Gasteiger partial charge in [-0.05, 0) is 24.1 Å². The first kappa shape index (κ1) is 13.5. The van der Waals surface area contributed by atoms with Gasteiger partial charge in [-0.25, -0.2) is 4.39 Å². The summed E-state index contributed by atoms with van der Waals surface area (Å²) in [5.41, 5.74) is 0.451. The molecule has 6 heteroatoms. The van der Waals surface area contributed by atoms with Crippen molar-refractivity contribution < 1.29 is 9.50 Å². The maximum Gasteiger partial charge on any atom is 0.519 e. The molecule has 0 bridgehead atoms. The van der Waals surface area contributed by atoms with Gasteiger partial charge in [-0.1, -0.05) is 12.1 Å². The van der Waals surface area contributed by atoms with Crippen molar-refractivity contribution in [3.05, 3.63) is 52.2 Å². The molecule has 1 aromatic rings. The van der Waals surface area contributed by atoms with Gasteiger partial charge in [0.25, 0.3) is 5.88 Å². The third-order valence-electron chi connectivity index (χ3n) is 2.43. The van der Waals surface area contributed by atoms with Crippen LogP contribution < -0.4 is 0 Å². The van der Waals surface area contributed by atoms with Gasteiger partial charge in [-0.3, -0.25) is 0 Å². The highest BCUT2D eigenvalue weighted by Crippen LogP contribution is 2.09. The fourth-order valence-electron chi connectivity index (χ4n) is 1.35. The molecule has 0 aliphatic heterocycles. The van der Waals surface area contributed by atoms with Crippen LogP contribution in [0.5, 0.6) is 0 Å². The predicted molar refractivity (Wildman–Crippen MR) is 63.1 cm³/mol. The van der Waals surface area contributed by atoms with Crippen molar-refractivity contribution >= 4 is 0 Å². The lowest BCUT2D eigenvalue weighted by molar-refractivity contribution is 0.232. The molecule has 1 aromatic carbocycles. The highest BCUT2D eigenvalue weighted by atomic mass is 19.1. The van der Waals surface area contributed by atoms with E-state index in [1.807, 2.05) is 0 Å². The molecule has 0 atom stereocenters. The number of hydrogen-bond acceptors (Lipinski definition) is 4. The molecule has 0 radical (unpaired) electrons. The van der Waals surface area contributed by atoms with Crippen molar-refractivity contribution in [1.82, 2.24) is 4.90 Å². The molecule has 18 heavy (non-hydrogen) atoms. The van der Waals surface area contributed by atoms with Crippen LogP contribution in [0.25, 0.3) is 4.98 Å². The van der Waals surface area contributed by atoms with Crippen molar-refractivity contribution in [2.75, 3.05) is 13.6 Å². The van der Waals surface area contributed by atoms with E-state index in [1.54, 1.807) is 25.2 Å². The number of benzene rings is 1. The third kappa shape index (κ3) is 3.46. The first-order chi connectivity index (χ1) is 8.58. The second kappa shape index (κ2) is 6.21. The number of allylic oxidation sites excluding steroid dienone is 1. The number of aliphatic hydroxyl groups excluding tert-OH is 1. The van der Waals surface area contributed by atoms with Crippen LogP contribution in [0.15, 0.2) is 35.8 Å². The molecule has 1 rings (SSSR count). The maximum atomic E-state index is 12.7. The minimum atomic E-state index is -0.448. The van der Waals surface area contributed by atoms with E-state index >= 15 is 0 Å². The van der Waals surface area contributed by atoms with E-state index in [4.69, 9.17) is 10.7 Å². The Kier molecular flexibility index (Phi) is 4.65. The van der Waals surface area contributed by atoms with E-state index in [1.165, 1.54) is 17.0 Å². The van der Waals surface area contributed by atoms with Crippen LogP contribution in [0.4, 0.5) is 4.39 Å². The number of diazo groups is 1. The lowest BCUT2D eigenvalue weighted by atomic mass is 10.1. The Morgan fingerprint density at radius 3 is 2.56 bits per heavy atom. The Labute approximate surface area is 104 Å². The maximum absolute atomic E-state index is 12.7. The number of nitriles is 1. The molecule has 0 heterocycles. The van der Waals surface area contributed by atoms with Gasteiger partial charge in [0.1, 0.15) is 5.82 Å². The molecule has 5 nitrogen and oxygen atoms in total. The molecule has 0 aliphatic rings.